The summed E-state index contributed by atoms with van der Waals surface area (Å²) in [4.78, 5) is 52.1. The number of amidine groups is 1. The molecule has 2 atom stereocenters. The number of hydrogen-bond acceptors (Lipinski definition) is 10. The second kappa shape index (κ2) is 14.2. The number of aliphatic imine (C=N–C) groups is 2. The largest absolute Gasteiger partial charge is 0.502 e. The first-order valence-electron chi connectivity index (χ1n) is 13.2. The summed E-state index contributed by atoms with van der Waals surface area (Å²) in [7, 11) is 2.81. The molecule has 2 heterocycles. The normalized spacial score (nSPS) is 19.1. The van der Waals surface area contributed by atoms with Gasteiger partial charge in [-0.25, -0.2) is 4.99 Å². The number of benzene rings is 2. The maximum Gasteiger partial charge on any atom is 0.267 e. The Morgan fingerprint density at radius 2 is 1.81 bits per heavy atom. The molecule has 2 aliphatic heterocycles. The molecule has 0 spiro atoms. The molecule has 3 amide bonds. The number of phenolic OH excluding ortho intramolecular Hbond substituents is 1. The van der Waals surface area contributed by atoms with E-state index < -0.39 is 29.8 Å². The first-order valence-corrected chi connectivity index (χ1v) is 15.2. The van der Waals surface area contributed by atoms with Crippen molar-refractivity contribution in [1.82, 2.24) is 9.80 Å². The van der Waals surface area contributed by atoms with E-state index in [1.807, 2.05) is 18.2 Å². The van der Waals surface area contributed by atoms with Gasteiger partial charge in [-0.2, -0.15) is 0 Å². The van der Waals surface area contributed by atoms with E-state index in [2.05, 4.69) is 4.99 Å². The van der Waals surface area contributed by atoms with Crippen LogP contribution in [0.5, 0.6) is 17.2 Å². The molecule has 43 heavy (non-hydrogen) atoms. The molecule has 2 saturated heterocycles. The van der Waals surface area contributed by atoms with Crippen LogP contribution in [0.15, 0.2) is 57.4 Å². The first-order chi connectivity index (χ1) is 20.6. The first kappa shape index (κ1) is 31.6. The quantitative estimate of drug-likeness (QED) is 0.123. The van der Waals surface area contributed by atoms with Crippen LogP contribution in [0.1, 0.15) is 18.4 Å². The van der Waals surface area contributed by atoms with Crippen LogP contribution in [0.25, 0.3) is 6.08 Å². The molecule has 0 aromatic heterocycles. The highest BCUT2D eigenvalue weighted by Gasteiger charge is 2.45. The fourth-order valence-electron chi connectivity index (χ4n) is 4.54. The number of nitrogens with two attached hydrogens (primary N) is 3. The van der Waals surface area contributed by atoms with Gasteiger partial charge in [0.05, 0.1) is 30.7 Å². The summed E-state index contributed by atoms with van der Waals surface area (Å²) < 4.78 is 10.5. The van der Waals surface area contributed by atoms with Crippen molar-refractivity contribution in [3.8, 4) is 17.2 Å². The molecule has 2 aromatic rings. The summed E-state index contributed by atoms with van der Waals surface area (Å²) in [6.07, 6.45) is 2.17. The van der Waals surface area contributed by atoms with E-state index in [4.69, 9.17) is 31.7 Å². The van der Waals surface area contributed by atoms with Crippen molar-refractivity contribution in [2.45, 2.75) is 24.9 Å². The number of nitrogens with zero attached hydrogens (tertiary/aromatic N) is 4. The number of methoxy groups -OCH3 is 2. The van der Waals surface area contributed by atoms with Gasteiger partial charge in [-0.05, 0) is 60.5 Å². The van der Waals surface area contributed by atoms with E-state index in [1.165, 1.54) is 35.8 Å². The maximum absolute atomic E-state index is 14.1. The van der Waals surface area contributed by atoms with Crippen LogP contribution in [0.3, 0.4) is 0 Å². The Morgan fingerprint density at radius 3 is 2.42 bits per heavy atom. The summed E-state index contributed by atoms with van der Waals surface area (Å²) in [6.45, 7) is 0.232. The van der Waals surface area contributed by atoms with Crippen LogP contribution in [-0.4, -0.2) is 88.2 Å². The SMILES string of the molecule is COc1cc(C=C2SC(=Nc3ccccc3)N(C(CCCN=C(N)N)C(=O)N3CSC[C@H]3C(N)=O)C2=O)cc(OC)c1O. The number of rotatable bonds is 11. The molecule has 4 rings (SSSR count). The van der Waals surface area contributed by atoms with Gasteiger partial charge in [0.2, 0.25) is 17.6 Å². The number of carbonyl (C=O) groups excluding carboxylic acids is 3. The molecule has 0 bridgehead atoms. The molecule has 1 unspecified atom stereocenters. The Labute approximate surface area is 257 Å². The van der Waals surface area contributed by atoms with Crippen LogP contribution >= 0.6 is 23.5 Å². The third kappa shape index (κ3) is 7.35. The molecule has 13 nitrogen and oxygen atoms in total. The van der Waals surface area contributed by atoms with Gasteiger partial charge in [0.15, 0.2) is 22.6 Å². The van der Waals surface area contributed by atoms with Gasteiger partial charge < -0.3 is 36.7 Å². The third-order valence-electron chi connectivity index (χ3n) is 6.64. The number of phenols is 1. The number of amides is 3. The van der Waals surface area contributed by atoms with Crippen molar-refractivity contribution in [2.75, 3.05) is 32.4 Å². The fourth-order valence-corrected chi connectivity index (χ4v) is 6.76. The Hall–Kier alpha value is -4.37. The van der Waals surface area contributed by atoms with Gasteiger partial charge in [-0.15, -0.1) is 11.8 Å². The van der Waals surface area contributed by atoms with E-state index in [1.54, 1.807) is 30.3 Å². The zero-order valence-electron chi connectivity index (χ0n) is 23.6. The van der Waals surface area contributed by atoms with Crippen molar-refractivity contribution in [3.05, 3.63) is 52.9 Å². The highest BCUT2D eigenvalue weighted by atomic mass is 32.2. The molecule has 228 valence electrons. The van der Waals surface area contributed by atoms with Crippen LogP contribution in [-0.2, 0) is 14.4 Å². The highest BCUT2D eigenvalue weighted by Crippen LogP contribution is 2.41. The number of ether oxygens (including phenoxy) is 2. The summed E-state index contributed by atoms with van der Waals surface area (Å²) in [6, 6.07) is 10.3. The molecular formula is C28H33N7O6S2. The van der Waals surface area contributed by atoms with Gasteiger partial charge >= 0.3 is 0 Å². The molecule has 0 radical (unpaired) electrons. The number of para-hydroxylation sites is 1. The fraction of sp³-hybridized carbons (Fsp3) is 0.321. The van der Waals surface area contributed by atoms with Crippen molar-refractivity contribution in [3.63, 3.8) is 0 Å². The minimum atomic E-state index is -1.02. The smallest absolute Gasteiger partial charge is 0.267 e. The second-order valence-corrected chi connectivity index (χ2v) is 11.5. The monoisotopic (exact) mass is 627 g/mol. The molecule has 0 saturated carbocycles. The van der Waals surface area contributed by atoms with Gasteiger partial charge in [0, 0.05) is 12.3 Å². The van der Waals surface area contributed by atoms with Crippen LogP contribution in [0.2, 0.25) is 0 Å². The average molecular weight is 628 g/mol. The lowest BCUT2D eigenvalue weighted by Gasteiger charge is -2.31. The Bertz CT molecular complexity index is 1440. The molecule has 2 aliphatic rings. The van der Waals surface area contributed by atoms with Gasteiger partial charge in [-0.1, -0.05) is 18.2 Å². The predicted octanol–water partition coefficient (Wildman–Crippen LogP) is 1.82. The lowest BCUT2D eigenvalue weighted by Crippen LogP contribution is -2.54. The average Bonchev–Trinajstić information content (AvgIpc) is 3.59. The molecular weight excluding hydrogens is 594 g/mol. The van der Waals surface area contributed by atoms with Gasteiger partial charge in [0.25, 0.3) is 5.91 Å². The van der Waals surface area contributed by atoms with E-state index in [-0.39, 0.29) is 52.1 Å². The van der Waals surface area contributed by atoms with Gasteiger partial charge in [0.1, 0.15) is 12.1 Å². The maximum atomic E-state index is 14.1. The van der Waals surface area contributed by atoms with Crippen LogP contribution < -0.4 is 26.7 Å². The third-order valence-corrected chi connectivity index (χ3v) is 8.63. The minimum Gasteiger partial charge on any atom is -0.502 e. The Balaban J connectivity index is 1.79. The zero-order chi connectivity index (χ0) is 31.1. The molecule has 2 fully saturated rings. The zero-order valence-corrected chi connectivity index (χ0v) is 25.3. The highest BCUT2D eigenvalue weighted by molar-refractivity contribution is 8.18. The summed E-state index contributed by atoms with van der Waals surface area (Å²) in [5, 5.41) is 10.6. The van der Waals surface area contributed by atoms with E-state index in [9.17, 15) is 19.5 Å². The Morgan fingerprint density at radius 1 is 1.14 bits per heavy atom. The standard InChI is InChI=1S/C28H33N7O6S2/c1-40-20-11-16(12-21(41-2)23(20)36)13-22-26(39)35(28(43-22)33-17-7-4-3-5-8-17)18(9-6-10-32-27(30)31)25(38)34-15-42-14-19(34)24(29)37/h3-5,7-8,11-13,18-19,36H,6,9-10,14-15H2,1-2H3,(H2,29,37)(H4,30,31,32)/t18?,19-/m0/s1. The summed E-state index contributed by atoms with van der Waals surface area (Å²) in [5.74, 6) is -0.828. The van der Waals surface area contributed by atoms with Crippen molar-refractivity contribution in [2.24, 2.45) is 27.2 Å². The van der Waals surface area contributed by atoms with E-state index >= 15 is 0 Å². The number of guanidine groups is 1. The van der Waals surface area contributed by atoms with Crippen LogP contribution in [0, 0.1) is 0 Å². The van der Waals surface area contributed by atoms with Crippen LogP contribution in [0.4, 0.5) is 5.69 Å². The van der Waals surface area contributed by atoms with Crippen molar-refractivity contribution in [1.29, 1.82) is 0 Å². The lowest BCUT2D eigenvalue weighted by atomic mass is 10.1. The molecule has 2 aromatic carbocycles. The summed E-state index contributed by atoms with van der Waals surface area (Å²) >= 11 is 2.50. The molecule has 7 N–H and O–H groups in total. The predicted molar refractivity (Wildman–Crippen MR) is 168 cm³/mol. The Kier molecular flexibility index (Phi) is 10.4. The summed E-state index contributed by atoms with van der Waals surface area (Å²) in [5.41, 5.74) is 17.7. The number of hydrogen-bond donors (Lipinski definition) is 4. The number of carbonyl (C=O) groups is 3. The van der Waals surface area contributed by atoms with E-state index in [0.29, 0.717) is 23.4 Å². The number of thioether (sulfide) groups is 2. The lowest BCUT2D eigenvalue weighted by molar-refractivity contribution is -0.143. The number of primary amides is 1. The molecule has 0 aliphatic carbocycles. The van der Waals surface area contributed by atoms with Crippen molar-refractivity contribution < 1.29 is 29.0 Å². The van der Waals surface area contributed by atoms with Crippen molar-refractivity contribution >= 4 is 64.1 Å². The molecule has 15 heteroatoms. The minimum absolute atomic E-state index is 0.0864. The topological polar surface area (TPSA) is 199 Å². The van der Waals surface area contributed by atoms with Gasteiger partial charge in [-0.3, -0.25) is 24.3 Å². The second-order valence-electron chi connectivity index (χ2n) is 9.48. The van der Waals surface area contributed by atoms with E-state index in [0.717, 1.165) is 11.8 Å². The number of aromatic hydroxyl groups is 1.